The van der Waals surface area contributed by atoms with Gasteiger partial charge in [0.25, 0.3) is 0 Å². The van der Waals surface area contributed by atoms with Crippen molar-refractivity contribution >= 4 is 17.0 Å². The number of phenols is 1. The Morgan fingerprint density at radius 1 is 1.40 bits per heavy atom. The highest BCUT2D eigenvalue weighted by Crippen LogP contribution is 2.27. The summed E-state index contributed by atoms with van der Waals surface area (Å²) < 4.78 is 5.23. The molecule has 2 aromatic rings. The van der Waals surface area contributed by atoms with Crippen molar-refractivity contribution in [3.63, 3.8) is 0 Å². The van der Waals surface area contributed by atoms with E-state index in [1.807, 2.05) is 33.9 Å². The number of alkyl carbamates (subject to hydrolysis) is 1. The number of aromatic hydroxyl groups is 1. The van der Waals surface area contributed by atoms with Gasteiger partial charge in [0.15, 0.2) is 0 Å². The topological polar surface area (TPSA) is 74.3 Å². The lowest BCUT2D eigenvalue weighted by atomic mass is 10.1. The third kappa shape index (κ3) is 3.23. The summed E-state index contributed by atoms with van der Waals surface area (Å²) in [6.45, 7) is 7.33. The molecule has 0 aliphatic carbocycles. The van der Waals surface area contributed by atoms with Crippen molar-refractivity contribution in [1.29, 1.82) is 0 Å². The van der Waals surface area contributed by atoms with Crippen LogP contribution in [-0.4, -0.2) is 21.8 Å². The van der Waals surface area contributed by atoms with Crippen LogP contribution in [0.3, 0.4) is 0 Å². The quantitative estimate of drug-likeness (QED) is 0.786. The highest BCUT2D eigenvalue weighted by atomic mass is 16.6. The molecule has 0 radical (unpaired) electrons. The molecule has 0 saturated carbocycles. The fourth-order valence-electron chi connectivity index (χ4n) is 2.05. The van der Waals surface area contributed by atoms with Gasteiger partial charge in [-0.25, -0.2) is 4.79 Å². The average Bonchev–Trinajstić information content (AvgIpc) is 2.68. The van der Waals surface area contributed by atoms with Gasteiger partial charge in [-0.05, 0) is 51.5 Å². The fourth-order valence-corrected chi connectivity index (χ4v) is 2.05. The summed E-state index contributed by atoms with van der Waals surface area (Å²) in [6.07, 6.45) is 1.37. The molecule has 1 aromatic heterocycles. The van der Waals surface area contributed by atoms with Crippen molar-refractivity contribution in [2.75, 3.05) is 0 Å². The number of ether oxygens (including phenoxy) is 1. The third-order valence-corrected chi connectivity index (χ3v) is 2.90. The predicted molar refractivity (Wildman–Crippen MR) is 77.7 cm³/mol. The Kier molecular flexibility index (Phi) is 3.61. The lowest BCUT2D eigenvalue weighted by Crippen LogP contribution is -2.33. The van der Waals surface area contributed by atoms with Gasteiger partial charge in [-0.2, -0.15) is 0 Å². The van der Waals surface area contributed by atoms with Gasteiger partial charge in [0, 0.05) is 17.1 Å². The number of amides is 1. The molecule has 5 heteroatoms. The van der Waals surface area contributed by atoms with Gasteiger partial charge < -0.3 is 20.1 Å². The van der Waals surface area contributed by atoms with Crippen molar-refractivity contribution in [2.24, 2.45) is 0 Å². The van der Waals surface area contributed by atoms with Crippen LogP contribution in [0.5, 0.6) is 5.75 Å². The number of hydrogen-bond acceptors (Lipinski definition) is 3. The highest BCUT2D eigenvalue weighted by Gasteiger charge is 2.19. The Bertz CT molecular complexity index is 626. The number of nitrogens with one attached hydrogen (secondary N) is 2. The number of carbonyl (C=O) groups is 1. The molecule has 108 valence electrons. The molecule has 0 fully saturated rings. The van der Waals surface area contributed by atoms with Crippen molar-refractivity contribution in [1.82, 2.24) is 10.3 Å². The average molecular weight is 276 g/mol. The molecule has 20 heavy (non-hydrogen) atoms. The van der Waals surface area contributed by atoms with Crippen LogP contribution in [0.2, 0.25) is 0 Å². The van der Waals surface area contributed by atoms with Crippen LogP contribution in [-0.2, 0) is 4.74 Å². The zero-order chi connectivity index (χ0) is 14.9. The minimum absolute atomic E-state index is 0.197. The number of carbonyl (C=O) groups excluding carboxylic acids is 1. The van der Waals surface area contributed by atoms with E-state index in [2.05, 4.69) is 10.3 Å². The summed E-state index contributed by atoms with van der Waals surface area (Å²) in [6, 6.07) is 4.87. The number of aromatic nitrogens is 1. The first-order chi connectivity index (χ1) is 9.26. The first-order valence-electron chi connectivity index (χ1n) is 6.56. The molecule has 0 aliphatic heterocycles. The maximum Gasteiger partial charge on any atom is 0.408 e. The minimum atomic E-state index is -0.526. The van der Waals surface area contributed by atoms with Crippen LogP contribution in [0.15, 0.2) is 24.4 Å². The van der Waals surface area contributed by atoms with E-state index in [0.717, 1.165) is 16.5 Å². The fraction of sp³-hybridized carbons (Fsp3) is 0.400. The molecule has 1 aromatic carbocycles. The molecule has 0 bridgehead atoms. The standard InChI is InChI=1S/C15H20N2O3/c1-9(17-14(19)20-15(2,3)4)12-8-16-13-6-5-10(18)7-11(12)13/h5-9,16,18H,1-4H3,(H,17,19). The van der Waals surface area contributed by atoms with Crippen molar-refractivity contribution < 1.29 is 14.6 Å². The zero-order valence-electron chi connectivity index (χ0n) is 12.2. The van der Waals surface area contributed by atoms with E-state index in [9.17, 15) is 9.90 Å². The molecule has 2 rings (SSSR count). The second-order valence-corrected chi connectivity index (χ2v) is 5.84. The molecule has 0 spiro atoms. The number of aromatic amines is 1. The molecule has 3 N–H and O–H groups in total. The number of hydrogen-bond donors (Lipinski definition) is 3. The van der Waals surface area contributed by atoms with Gasteiger partial charge in [-0.15, -0.1) is 0 Å². The van der Waals surface area contributed by atoms with Gasteiger partial charge in [-0.3, -0.25) is 0 Å². The first kappa shape index (κ1) is 14.2. The second kappa shape index (κ2) is 5.07. The van der Waals surface area contributed by atoms with E-state index in [1.165, 1.54) is 0 Å². The van der Waals surface area contributed by atoms with E-state index < -0.39 is 11.7 Å². The summed E-state index contributed by atoms with van der Waals surface area (Å²) in [7, 11) is 0. The summed E-state index contributed by atoms with van der Waals surface area (Å²) in [5.74, 6) is 0.197. The number of fused-ring (bicyclic) bond motifs is 1. The summed E-state index contributed by atoms with van der Waals surface area (Å²) in [4.78, 5) is 14.9. The van der Waals surface area contributed by atoms with Gasteiger partial charge in [0.1, 0.15) is 11.4 Å². The van der Waals surface area contributed by atoms with Crippen molar-refractivity contribution in [2.45, 2.75) is 39.3 Å². The molecular weight excluding hydrogens is 256 g/mol. The van der Waals surface area contributed by atoms with Gasteiger partial charge in [0.2, 0.25) is 0 Å². The van der Waals surface area contributed by atoms with Crippen molar-refractivity contribution in [3.8, 4) is 5.75 Å². The second-order valence-electron chi connectivity index (χ2n) is 5.84. The molecule has 1 amide bonds. The highest BCUT2D eigenvalue weighted by molar-refractivity contribution is 5.85. The molecule has 0 saturated heterocycles. The minimum Gasteiger partial charge on any atom is -0.508 e. The summed E-state index contributed by atoms with van der Waals surface area (Å²) >= 11 is 0. The van der Waals surface area contributed by atoms with Crippen LogP contribution in [0.4, 0.5) is 4.79 Å². The Labute approximate surface area is 117 Å². The molecule has 1 unspecified atom stereocenters. The predicted octanol–water partition coefficient (Wildman–Crippen LogP) is 3.46. The van der Waals surface area contributed by atoms with Crippen LogP contribution in [0.25, 0.3) is 10.9 Å². The Balaban J connectivity index is 2.17. The van der Waals surface area contributed by atoms with Gasteiger partial charge in [0.05, 0.1) is 6.04 Å². The van der Waals surface area contributed by atoms with Crippen LogP contribution < -0.4 is 5.32 Å². The first-order valence-corrected chi connectivity index (χ1v) is 6.56. The normalized spacial score (nSPS) is 13.2. The van der Waals surface area contributed by atoms with Crippen LogP contribution in [0.1, 0.15) is 39.3 Å². The van der Waals surface area contributed by atoms with Gasteiger partial charge >= 0.3 is 6.09 Å². The largest absolute Gasteiger partial charge is 0.508 e. The van der Waals surface area contributed by atoms with Gasteiger partial charge in [-0.1, -0.05) is 0 Å². The zero-order valence-corrected chi connectivity index (χ0v) is 12.2. The molecule has 1 atom stereocenters. The SMILES string of the molecule is CC(NC(=O)OC(C)(C)C)c1c[nH]c2ccc(O)cc12. The van der Waals surface area contributed by atoms with E-state index in [4.69, 9.17) is 4.74 Å². The molecule has 5 nitrogen and oxygen atoms in total. The van der Waals surface area contributed by atoms with E-state index in [1.54, 1.807) is 18.2 Å². The Morgan fingerprint density at radius 2 is 2.10 bits per heavy atom. The van der Waals surface area contributed by atoms with E-state index in [0.29, 0.717) is 0 Å². The third-order valence-electron chi connectivity index (χ3n) is 2.90. The lowest BCUT2D eigenvalue weighted by Gasteiger charge is -2.21. The molecule has 0 aliphatic rings. The maximum absolute atomic E-state index is 11.8. The summed E-state index contributed by atoms with van der Waals surface area (Å²) in [5, 5.41) is 13.2. The molecule has 1 heterocycles. The summed E-state index contributed by atoms with van der Waals surface area (Å²) in [5.41, 5.74) is 1.29. The van der Waals surface area contributed by atoms with Crippen molar-refractivity contribution in [3.05, 3.63) is 30.0 Å². The van der Waals surface area contributed by atoms with Crippen LogP contribution in [0, 0.1) is 0 Å². The smallest absolute Gasteiger partial charge is 0.408 e. The number of rotatable bonds is 2. The number of H-pyrrole nitrogens is 1. The van der Waals surface area contributed by atoms with E-state index >= 15 is 0 Å². The maximum atomic E-state index is 11.8. The Morgan fingerprint density at radius 3 is 2.75 bits per heavy atom. The lowest BCUT2D eigenvalue weighted by molar-refractivity contribution is 0.0508. The number of benzene rings is 1. The molecular formula is C15H20N2O3. The van der Waals surface area contributed by atoms with Crippen LogP contribution >= 0.6 is 0 Å². The number of phenolic OH excluding ortho intramolecular Hbond substituents is 1. The monoisotopic (exact) mass is 276 g/mol. The Hall–Kier alpha value is -2.17. The van der Waals surface area contributed by atoms with E-state index in [-0.39, 0.29) is 11.8 Å².